The molecule has 5 rings (SSSR count). The summed E-state index contributed by atoms with van der Waals surface area (Å²) < 4.78 is 5.51. The second-order valence-electron chi connectivity index (χ2n) is 9.63. The van der Waals surface area contributed by atoms with Gasteiger partial charge in [0, 0.05) is 43.6 Å². The Morgan fingerprint density at radius 3 is 2.72 bits per heavy atom. The quantitative estimate of drug-likeness (QED) is 0.774. The second kappa shape index (κ2) is 10.1. The van der Waals surface area contributed by atoms with Crippen LogP contribution in [0.25, 0.3) is 10.9 Å². The highest BCUT2D eigenvalue weighted by atomic mass is 16.5. The fourth-order valence-electron chi connectivity index (χ4n) is 5.75. The first kappa shape index (κ1) is 21.6. The van der Waals surface area contributed by atoms with E-state index in [2.05, 4.69) is 31.2 Å². The molecule has 2 saturated heterocycles. The third-order valence-corrected chi connectivity index (χ3v) is 7.49. The molecule has 2 aromatic rings. The van der Waals surface area contributed by atoms with Crippen molar-refractivity contribution in [3.8, 4) is 6.07 Å². The van der Waals surface area contributed by atoms with Gasteiger partial charge in [-0.05, 0) is 69.2 Å². The number of aromatic nitrogens is 2. The van der Waals surface area contributed by atoms with Gasteiger partial charge < -0.3 is 15.0 Å². The molecule has 0 radical (unpaired) electrons. The van der Waals surface area contributed by atoms with Crippen molar-refractivity contribution in [2.45, 2.75) is 50.6 Å². The zero-order chi connectivity index (χ0) is 21.8. The number of morpholine rings is 1. The van der Waals surface area contributed by atoms with Gasteiger partial charge in [-0.3, -0.25) is 4.90 Å². The van der Waals surface area contributed by atoms with E-state index in [0.717, 1.165) is 48.9 Å². The number of hydrogen-bond donors (Lipinski definition) is 1. The number of nitriles is 1. The Morgan fingerprint density at radius 1 is 1.06 bits per heavy atom. The number of fused-ring (bicyclic) bond motifs is 1. The number of nitrogens with zero attached hydrogens (tertiary/aromatic N) is 5. The van der Waals surface area contributed by atoms with Crippen LogP contribution in [0.15, 0.2) is 24.5 Å². The summed E-state index contributed by atoms with van der Waals surface area (Å²) in [5.41, 5.74) is 1.53. The van der Waals surface area contributed by atoms with Crippen molar-refractivity contribution in [1.29, 1.82) is 5.26 Å². The van der Waals surface area contributed by atoms with Crippen molar-refractivity contribution in [2.24, 2.45) is 5.92 Å². The monoisotopic (exact) mass is 434 g/mol. The average molecular weight is 435 g/mol. The fraction of sp³-hybridized carbons (Fsp3) is 0.640. The lowest BCUT2D eigenvalue weighted by Gasteiger charge is -2.43. The maximum Gasteiger partial charge on any atom is 0.137 e. The predicted molar refractivity (Wildman–Crippen MR) is 125 cm³/mol. The number of hydrogen-bond acceptors (Lipinski definition) is 7. The second-order valence-corrected chi connectivity index (χ2v) is 9.63. The van der Waals surface area contributed by atoms with Crippen LogP contribution < -0.4 is 5.32 Å². The van der Waals surface area contributed by atoms with Gasteiger partial charge in [-0.15, -0.1) is 0 Å². The highest BCUT2D eigenvalue weighted by molar-refractivity contribution is 5.89. The minimum Gasteiger partial charge on any atom is -0.379 e. The average Bonchev–Trinajstić information content (AvgIpc) is 2.85. The molecule has 3 fully saturated rings. The third-order valence-electron chi connectivity index (χ3n) is 7.49. The van der Waals surface area contributed by atoms with E-state index < -0.39 is 0 Å². The van der Waals surface area contributed by atoms with Crippen LogP contribution >= 0.6 is 0 Å². The van der Waals surface area contributed by atoms with E-state index >= 15 is 0 Å². The molecule has 7 heteroatoms. The van der Waals surface area contributed by atoms with E-state index in [1.807, 2.05) is 18.2 Å². The Labute approximate surface area is 190 Å². The lowest BCUT2D eigenvalue weighted by atomic mass is 9.87. The molecule has 0 spiro atoms. The summed E-state index contributed by atoms with van der Waals surface area (Å²) in [4.78, 5) is 14.2. The van der Waals surface area contributed by atoms with Gasteiger partial charge in [0.1, 0.15) is 12.1 Å². The molecule has 2 aliphatic heterocycles. The molecule has 1 aliphatic carbocycles. The molecule has 0 amide bonds. The van der Waals surface area contributed by atoms with Gasteiger partial charge >= 0.3 is 0 Å². The first-order chi connectivity index (χ1) is 15.8. The molecule has 1 saturated carbocycles. The Morgan fingerprint density at radius 2 is 1.91 bits per heavy atom. The van der Waals surface area contributed by atoms with E-state index in [1.54, 1.807) is 6.33 Å². The normalized spacial score (nSPS) is 27.8. The minimum absolute atomic E-state index is 0.434. The molecule has 7 nitrogen and oxygen atoms in total. The van der Waals surface area contributed by atoms with Crippen molar-refractivity contribution in [3.05, 3.63) is 30.1 Å². The van der Waals surface area contributed by atoms with Crippen LogP contribution in [0.3, 0.4) is 0 Å². The lowest BCUT2D eigenvalue weighted by molar-refractivity contribution is 0.0172. The van der Waals surface area contributed by atoms with Gasteiger partial charge in [-0.1, -0.05) is 0 Å². The molecule has 1 unspecified atom stereocenters. The molecule has 32 heavy (non-hydrogen) atoms. The maximum atomic E-state index is 9.25. The Balaban J connectivity index is 1.15. The van der Waals surface area contributed by atoms with Gasteiger partial charge in [-0.2, -0.15) is 5.26 Å². The number of anilines is 1. The highest BCUT2D eigenvalue weighted by Crippen LogP contribution is 2.30. The Hall–Kier alpha value is -2.27. The molecule has 1 aromatic carbocycles. The summed E-state index contributed by atoms with van der Waals surface area (Å²) in [5, 5.41) is 13.9. The van der Waals surface area contributed by atoms with Crippen molar-refractivity contribution >= 4 is 16.7 Å². The molecule has 1 N–H and O–H groups in total. The van der Waals surface area contributed by atoms with Crippen LogP contribution in [-0.2, 0) is 4.74 Å². The predicted octanol–water partition coefficient (Wildman–Crippen LogP) is 3.27. The third kappa shape index (κ3) is 5.03. The summed E-state index contributed by atoms with van der Waals surface area (Å²) in [6, 6.07) is 8.99. The number of likely N-dealkylation sites (tertiary alicyclic amines) is 1. The lowest BCUT2D eigenvalue weighted by Crippen LogP contribution is -2.48. The zero-order valence-electron chi connectivity index (χ0n) is 18.9. The fourth-order valence-corrected chi connectivity index (χ4v) is 5.75. The summed E-state index contributed by atoms with van der Waals surface area (Å²) >= 11 is 0. The van der Waals surface area contributed by atoms with Crippen molar-refractivity contribution in [1.82, 2.24) is 19.8 Å². The molecule has 0 bridgehead atoms. The molecule has 1 aromatic heterocycles. The van der Waals surface area contributed by atoms with Gasteiger partial charge in [0.05, 0.1) is 30.4 Å². The van der Waals surface area contributed by atoms with E-state index in [4.69, 9.17) is 4.74 Å². The molecule has 170 valence electrons. The number of ether oxygens (including phenoxy) is 1. The summed E-state index contributed by atoms with van der Waals surface area (Å²) in [6.45, 7) is 7.74. The highest BCUT2D eigenvalue weighted by Gasteiger charge is 2.30. The van der Waals surface area contributed by atoms with Crippen LogP contribution in [0, 0.1) is 17.2 Å². The number of nitrogens with one attached hydrogen (secondary N) is 1. The van der Waals surface area contributed by atoms with E-state index in [-0.39, 0.29) is 0 Å². The van der Waals surface area contributed by atoms with E-state index in [1.165, 1.54) is 58.2 Å². The zero-order valence-corrected chi connectivity index (χ0v) is 18.9. The standard InChI is InChI=1S/C25H34N6O/c26-15-19-3-8-24-23(14-19)25(28-18-27-24)29-21-4-6-22(7-5-21)31-9-1-2-20(17-31)16-30-10-12-32-13-11-30/h3,8,14,18,20-22H,1-2,4-7,9-13,16-17H2,(H,27,28,29). The molecule has 3 aliphatic rings. The molecular weight excluding hydrogens is 400 g/mol. The van der Waals surface area contributed by atoms with Gasteiger partial charge in [0.15, 0.2) is 0 Å². The molecular formula is C25H34N6O. The van der Waals surface area contributed by atoms with Gasteiger partial charge in [0.25, 0.3) is 0 Å². The summed E-state index contributed by atoms with van der Waals surface area (Å²) in [6.07, 6.45) is 9.14. The van der Waals surface area contributed by atoms with Crippen molar-refractivity contribution in [2.75, 3.05) is 51.3 Å². The van der Waals surface area contributed by atoms with E-state index in [0.29, 0.717) is 17.6 Å². The Bertz CT molecular complexity index is 945. The number of benzene rings is 1. The first-order valence-electron chi connectivity index (χ1n) is 12.2. The van der Waals surface area contributed by atoms with E-state index in [9.17, 15) is 5.26 Å². The van der Waals surface area contributed by atoms with Gasteiger partial charge in [0.2, 0.25) is 0 Å². The van der Waals surface area contributed by atoms with Crippen LogP contribution in [0.2, 0.25) is 0 Å². The van der Waals surface area contributed by atoms with Crippen LogP contribution in [0.1, 0.15) is 44.1 Å². The van der Waals surface area contributed by atoms with Crippen molar-refractivity contribution < 1.29 is 4.74 Å². The number of piperidine rings is 1. The first-order valence-corrected chi connectivity index (χ1v) is 12.2. The van der Waals surface area contributed by atoms with Crippen LogP contribution in [-0.4, -0.2) is 77.8 Å². The smallest absolute Gasteiger partial charge is 0.137 e. The number of rotatable bonds is 5. The largest absolute Gasteiger partial charge is 0.379 e. The minimum atomic E-state index is 0.434. The SMILES string of the molecule is N#Cc1ccc2ncnc(NC3CCC(N4CCCC(CN5CCOCC5)C4)CC3)c2c1. The summed E-state index contributed by atoms with van der Waals surface area (Å²) in [7, 11) is 0. The maximum absolute atomic E-state index is 9.25. The van der Waals surface area contributed by atoms with Crippen LogP contribution in [0.5, 0.6) is 0 Å². The van der Waals surface area contributed by atoms with Gasteiger partial charge in [-0.25, -0.2) is 9.97 Å². The summed E-state index contributed by atoms with van der Waals surface area (Å²) in [5.74, 6) is 1.67. The topological polar surface area (TPSA) is 77.3 Å². The Kier molecular flexibility index (Phi) is 6.82. The van der Waals surface area contributed by atoms with Crippen LogP contribution in [0.4, 0.5) is 5.82 Å². The molecule has 1 atom stereocenters. The molecule has 3 heterocycles. The van der Waals surface area contributed by atoms with Crippen molar-refractivity contribution in [3.63, 3.8) is 0 Å².